The number of hydrogen-bond acceptors (Lipinski definition) is 4. The van der Waals surface area contributed by atoms with Crippen molar-refractivity contribution in [3.05, 3.63) is 53.4 Å². The van der Waals surface area contributed by atoms with Crippen molar-refractivity contribution in [2.45, 2.75) is 45.6 Å². The maximum Gasteiger partial charge on any atom is 0.331 e. The number of nitrogens with zero attached hydrogens (tertiary/aromatic N) is 2. The summed E-state index contributed by atoms with van der Waals surface area (Å²) >= 11 is 0. The molecule has 2 aromatic rings. The number of hydrogen-bond donors (Lipinski definition) is 1. The molecule has 0 atom stereocenters. The molecule has 3 rings (SSSR count). The molecule has 142 valence electrons. The molecule has 6 heteroatoms. The molecule has 1 heterocycles. The van der Waals surface area contributed by atoms with Crippen LogP contribution in [0.15, 0.2) is 36.4 Å². The highest BCUT2D eigenvalue weighted by molar-refractivity contribution is 5.89. The van der Waals surface area contributed by atoms with Gasteiger partial charge in [0, 0.05) is 23.4 Å². The molecule has 6 nitrogen and oxygen atoms in total. The van der Waals surface area contributed by atoms with Crippen LogP contribution in [-0.4, -0.2) is 34.3 Å². The monoisotopic (exact) mass is 367 g/mol. The van der Waals surface area contributed by atoms with Gasteiger partial charge in [-0.25, -0.2) is 9.48 Å². The average Bonchev–Trinajstić information content (AvgIpc) is 3.27. The Morgan fingerprint density at radius 1 is 1.22 bits per heavy atom. The minimum atomic E-state index is -0.539. The first-order valence-electron chi connectivity index (χ1n) is 9.30. The summed E-state index contributed by atoms with van der Waals surface area (Å²) in [6, 6.07) is 10.0. The first-order chi connectivity index (χ1) is 13.0. The van der Waals surface area contributed by atoms with E-state index >= 15 is 0 Å². The molecule has 0 radical (unpaired) electrons. The average molecular weight is 367 g/mol. The Morgan fingerprint density at radius 3 is 2.63 bits per heavy atom. The molecule has 27 heavy (non-hydrogen) atoms. The Labute approximate surface area is 159 Å². The number of para-hydroxylation sites is 1. The predicted octanol–water partition coefficient (Wildman–Crippen LogP) is 3.10. The summed E-state index contributed by atoms with van der Waals surface area (Å²) < 4.78 is 6.88. The highest BCUT2D eigenvalue weighted by Gasteiger charge is 2.17. The molecular formula is C21H25N3O3. The summed E-state index contributed by atoms with van der Waals surface area (Å²) in [5.41, 5.74) is 3.58. The number of benzene rings is 1. The number of amides is 1. The van der Waals surface area contributed by atoms with Crippen molar-refractivity contribution in [2.75, 3.05) is 6.61 Å². The van der Waals surface area contributed by atoms with Gasteiger partial charge in [0.1, 0.15) is 0 Å². The van der Waals surface area contributed by atoms with Crippen LogP contribution < -0.4 is 5.32 Å². The smallest absolute Gasteiger partial charge is 0.331 e. The van der Waals surface area contributed by atoms with Gasteiger partial charge in [0.25, 0.3) is 5.91 Å². The largest absolute Gasteiger partial charge is 0.452 e. The second kappa shape index (κ2) is 8.66. The van der Waals surface area contributed by atoms with Gasteiger partial charge >= 0.3 is 5.97 Å². The molecule has 1 saturated carbocycles. The zero-order valence-corrected chi connectivity index (χ0v) is 15.8. The van der Waals surface area contributed by atoms with Crippen LogP contribution in [0, 0.1) is 13.8 Å². The number of nitrogens with one attached hydrogen (secondary N) is 1. The van der Waals surface area contributed by atoms with Gasteiger partial charge in [-0.3, -0.25) is 4.79 Å². The molecule has 0 spiro atoms. The predicted molar refractivity (Wildman–Crippen MR) is 103 cm³/mol. The maximum atomic E-state index is 11.9. The van der Waals surface area contributed by atoms with Gasteiger partial charge in [0.15, 0.2) is 6.61 Å². The van der Waals surface area contributed by atoms with E-state index in [-0.39, 0.29) is 18.6 Å². The van der Waals surface area contributed by atoms with Gasteiger partial charge in [0.05, 0.1) is 11.4 Å². The first kappa shape index (κ1) is 18.9. The van der Waals surface area contributed by atoms with E-state index in [1.165, 1.54) is 6.08 Å². The third kappa shape index (κ3) is 4.84. The summed E-state index contributed by atoms with van der Waals surface area (Å²) in [5.74, 6) is -0.782. The summed E-state index contributed by atoms with van der Waals surface area (Å²) in [6.45, 7) is 3.60. The summed E-state index contributed by atoms with van der Waals surface area (Å²) in [4.78, 5) is 23.8. The number of carbonyl (C=O) groups is 2. The van der Waals surface area contributed by atoms with Crippen molar-refractivity contribution < 1.29 is 14.3 Å². The van der Waals surface area contributed by atoms with E-state index < -0.39 is 5.97 Å². The van der Waals surface area contributed by atoms with E-state index in [4.69, 9.17) is 4.74 Å². The molecule has 0 aliphatic heterocycles. The summed E-state index contributed by atoms with van der Waals surface area (Å²) in [7, 11) is 0. The number of carbonyl (C=O) groups excluding carboxylic acids is 2. The molecule has 1 aromatic heterocycles. The van der Waals surface area contributed by atoms with Crippen LogP contribution in [0.4, 0.5) is 0 Å². The molecule has 0 unspecified atom stereocenters. The van der Waals surface area contributed by atoms with Crippen molar-refractivity contribution in [2.24, 2.45) is 0 Å². The van der Waals surface area contributed by atoms with Crippen molar-refractivity contribution in [1.82, 2.24) is 15.1 Å². The molecule has 1 amide bonds. The van der Waals surface area contributed by atoms with Crippen LogP contribution in [0.1, 0.15) is 42.6 Å². The minimum Gasteiger partial charge on any atom is -0.452 e. The van der Waals surface area contributed by atoms with E-state index in [0.29, 0.717) is 0 Å². The third-order valence-corrected chi connectivity index (χ3v) is 4.80. The lowest BCUT2D eigenvalue weighted by atomic mass is 10.2. The van der Waals surface area contributed by atoms with E-state index in [1.54, 1.807) is 6.08 Å². The SMILES string of the molecule is Cc1nn(-c2ccccc2)c(C)c1/C=C/C(=O)OCC(=O)NC1CCCC1. The second-order valence-corrected chi connectivity index (χ2v) is 6.82. The van der Waals surface area contributed by atoms with Crippen LogP contribution in [0.25, 0.3) is 11.8 Å². The molecule has 1 N–H and O–H groups in total. The molecule has 1 aromatic carbocycles. The fourth-order valence-corrected chi connectivity index (χ4v) is 3.39. The van der Waals surface area contributed by atoms with Crippen LogP contribution in [0.5, 0.6) is 0 Å². The molecule has 1 aliphatic carbocycles. The Morgan fingerprint density at radius 2 is 1.93 bits per heavy atom. The maximum absolute atomic E-state index is 11.9. The first-order valence-corrected chi connectivity index (χ1v) is 9.30. The Balaban J connectivity index is 1.58. The third-order valence-electron chi connectivity index (χ3n) is 4.80. The number of rotatable bonds is 6. The van der Waals surface area contributed by atoms with E-state index in [0.717, 1.165) is 48.3 Å². The number of esters is 1. The topological polar surface area (TPSA) is 73.2 Å². The lowest BCUT2D eigenvalue weighted by Crippen LogP contribution is -2.35. The highest BCUT2D eigenvalue weighted by atomic mass is 16.5. The minimum absolute atomic E-state index is 0.223. The number of ether oxygens (including phenoxy) is 1. The highest BCUT2D eigenvalue weighted by Crippen LogP contribution is 2.19. The zero-order chi connectivity index (χ0) is 19.2. The van der Waals surface area contributed by atoms with Gasteiger partial charge in [0.2, 0.25) is 0 Å². The molecule has 0 bridgehead atoms. The van der Waals surface area contributed by atoms with Gasteiger partial charge in [-0.15, -0.1) is 0 Å². The van der Waals surface area contributed by atoms with Crippen LogP contribution in [0.2, 0.25) is 0 Å². The summed E-state index contributed by atoms with van der Waals surface area (Å²) in [6.07, 6.45) is 7.32. The van der Waals surface area contributed by atoms with Crippen LogP contribution in [0.3, 0.4) is 0 Å². The van der Waals surface area contributed by atoms with E-state index in [2.05, 4.69) is 10.4 Å². The molecule has 1 aliphatic rings. The van der Waals surface area contributed by atoms with Gasteiger partial charge in [-0.2, -0.15) is 5.10 Å². The Hall–Kier alpha value is -2.89. The van der Waals surface area contributed by atoms with Crippen molar-refractivity contribution in [3.8, 4) is 5.69 Å². The normalized spacial score (nSPS) is 14.6. The van der Waals surface area contributed by atoms with Crippen molar-refractivity contribution >= 4 is 18.0 Å². The van der Waals surface area contributed by atoms with E-state index in [9.17, 15) is 9.59 Å². The lowest BCUT2D eigenvalue weighted by Gasteiger charge is -2.11. The molecule has 0 saturated heterocycles. The van der Waals surface area contributed by atoms with Crippen molar-refractivity contribution in [1.29, 1.82) is 0 Å². The fourth-order valence-electron chi connectivity index (χ4n) is 3.39. The van der Waals surface area contributed by atoms with Gasteiger partial charge in [-0.05, 0) is 44.9 Å². The molecular weight excluding hydrogens is 342 g/mol. The number of aromatic nitrogens is 2. The van der Waals surface area contributed by atoms with Gasteiger partial charge < -0.3 is 10.1 Å². The Bertz CT molecular complexity index is 834. The lowest BCUT2D eigenvalue weighted by molar-refractivity contribution is -0.144. The second-order valence-electron chi connectivity index (χ2n) is 6.82. The van der Waals surface area contributed by atoms with Crippen molar-refractivity contribution in [3.63, 3.8) is 0 Å². The van der Waals surface area contributed by atoms with Crippen LogP contribution >= 0.6 is 0 Å². The quantitative estimate of drug-likeness (QED) is 0.629. The molecule has 1 fully saturated rings. The fraction of sp³-hybridized carbons (Fsp3) is 0.381. The standard InChI is InChI=1S/C21H25N3O3/c1-15-19(16(2)24(23-15)18-10-4-3-5-11-18)12-13-21(26)27-14-20(25)22-17-8-6-7-9-17/h3-5,10-13,17H,6-9,14H2,1-2H3,(H,22,25)/b13-12+. The van der Waals surface area contributed by atoms with Gasteiger partial charge in [-0.1, -0.05) is 31.0 Å². The summed E-state index contributed by atoms with van der Waals surface area (Å²) in [5, 5.41) is 7.43. The Kier molecular flexibility index (Phi) is 6.06. The number of aryl methyl sites for hydroxylation is 1. The van der Waals surface area contributed by atoms with E-state index in [1.807, 2.05) is 48.9 Å². The zero-order valence-electron chi connectivity index (χ0n) is 15.8. The van der Waals surface area contributed by atoms with Crippen LogP contribution in [-0.2, 0) is 14.3 Å².